The highest BCUT2D eigenvalue weighted by Gasteiger charge is 2.25. The van der Waals surface area contributed by atoms with Crippen LogP contribution in [0.3, 0.4) is 0 Å². The number of aryl methyl sites for hydroxylation is 1. The highest BCUT2D eigenvalue weighted by Crippen LogP contribution is 2.24. The number of halogens is 1. The Morgan fingerprint density at radius 1 is 1.23 bits per heavy atom. The Hall–Kier alpha value is -1.56. The molecule has 1 aliphatic rings. The molecule has 9 heteroatoms. The van der Waals surface area contributed by atoms with E-state index in [2.05, 4.69) is 28.5 Å². The van der Waals surface area contributed by atoms with Gasteiger partial charge in [0.25, 0.3) is 0 Å². The maximum absolute atomic E-state index is 5.93. The normalized spacial score (nSPS) is 16.0. The van der Waals surface area contributed by atoms with E-state index in [1.807, 2.05) is 25.1 Å². The summed E-state index contributed by atoms with van der Waals surface area (Å²) in [6.07, 6.45) is 2.54. The fourth-order valence-corrected chi connectivity index (χ4v) is 3.38. The maximum Gasteiger partial charge on any atom is 0.191 e. The number of morpholine rings is 1. The lowest BCUT2D eigenvalue weighted by Crippen LogP contribution is -2.42. The van der Waals surface area contributed by atoms with Crippen LogP contribution in [0.25, 0.3) is 0 Å². The molecule has 3 heterocycles. The summed E-state index contributed by atoms with van der Waals surface area (Å²) in [5, 5.41) is 6.71. The van der Waals surface area contributed by atoms with Gasteiger partial charge in [0.05, 0.1) is 32.1 Å². The lowest BCUT2D eigenvalue weighted by Gasteiger charge is -2.32. The first-order chi connectivity index (χ1) is 14.8. The van der Waals surface area contributed by atoms with Gasteiger partial charge in [0.15, 0.2) is 5.96 Å². The zero-order chi connectivity index (χ0) is 21.0. The van der Waals surface area contributed by atoms with Crippen LogP contribution >= 0.6 is 24.0 Å². The van der Waals surface area contributed by atoms with Crippen molar-refractivity contribution in [3.63, 3.8) is 0 Å². The van der Waals surface area contributed by atoms with E-state index in [0.717, 1.165) is 69.1 Å². The highest BCUT2D eigenvalue weighted by molar-refractivity contribution is 14.0. The lowest BCUT2D eigenvalue weighted by molar-refractivity contribution is 0.0135. The van der Waals surface area contributed by atoms with Crippen molar-refractivity contribution in [3.8, 4) is 0 Å². The standard InChI is InChI=1S/C22H34N4O4.HI/c1-3-23-22(24-9-5-12-28-17-19-6-4-13-29-19)25-16-20(21-8-7-18(2)30-21)26-10-14-27-15-11-26;/h4,6-8,13,20H,3,5,9-12,14-17H2,1-2H3,(H2,23,24,25);1H. The molecule has 1 unspecified atom stereocenters. The molecule has 0 aliphatic carbocycles. The Balaban J connectivity index is 0.00000341. The molecule has 31 heavy (non-hydrogen) atoms. The van der Waals surface area contributed by atoms with Gasteiger partial charge in [0.1, 0.15) is 23.9 Å². The molecule has 2 aromatic heterocycles. The Kier molecular flexibility index (Phi) is 12.0. The molecule has 1 fully saturated rings. The third-order valence-electron chi connectivity index (χ3n) is 4.92. The average Bonchev–Trinajstić information content (AvgIpc) is 3.43. The predicted molar refractivity (Wildman–Crippen MR) is 131 cm³/mol. The molecule has 0 amide bonds. The molecule has 8 nitrogen and oxygen atoms in total. The van der Waals surface area contributed by atoms with Gasteiger partial charge >= 0.3 is 0 Å². The van der Waals surface area contributed by atoms with E-state index in [9.17, 15) is 0 Å². The van der Waals surface area contributed by atoms with Gasteiger partial charge in [-0.25, -0.2) is 0 Å². The number of hydrogen-bond donors (Lipinski definition) is 2. The molecule has 1 saturated heterocycles. The second kappa shape index (κ2) is 14.5. The molecule has 0 spiro atoms. The van der Waals surface area contributed by atoms with E-state index in [1.165, 1.54) is 0 Å². The van der Waals surface area contributed by atoms with E-state index in [4.69, 9.17) is 23.3 Å². The van der Waals surface area contributed by atoms with E-state index < -0.39 is 0 Å². The topological polar surface area (TPSA) is 84.4 Å². The summed E-state index contributed by atoms with van der Waals surface area (Å²) in [6.45, 7) is 10.7. The van der Waals surface area contributed by atoms with Gasteiger partial charge in [-0.3, -0.25) is 9.89 Å². The maximum atomic E-state index is 5.93. The number of ether oxygens (including phenoxy) is 2. The Bertz CT molecular complexity index is 745. The number of nitrogens with one attached hydrogen (secondary N) is 2. The molecular formula is C22H35IN4O4. The van der Waals surface area contributed by atoms with Crippen LogP contribution in [0.1, 0.15) is 36.7 Å². The summed E-state index contributed by atoms with van der Waals surface area (Å²) >= 11 is 0. The minimum atomic E-state index is 0. The van der Waals surface area contributed by atoms with Gasteiger partial charge in [-0.2, -0.15) is 0 Å². The van der Waals surface area contributed by atoms with Gasteiger partial charge in [-0.05, 0) is 44.5 Å². The Labute approximate surface area is 201 Å². The third kappa shape index (κ3) is 8.83. The van der Waals surface area contributed by atoms with Crippen LogP contribution in [-0.4, -0.2) is 63.4 Å². The number of hydrogen-bond acceptors (Lipinski definition) is 6. The van der Waals surface area contributed by atoms with Crippen molar-refractivity contribution in [2.24, 2.45) is 4.99 Å². The predicted octanol–water partition coefficient (Wildman–Crippen LogP) is 3.33. The van der Waals surface area contributed by atoms with Crippen LogP contribution in [0.5, 0.6) is 0 Å². The second-order valence-electron chi connectivity index (χ2n) is 7.24. The van der Waals surface area contributed by atoms with Crippen molar-refractivity contribution in [3.05, 3.63) is 47.8 Å². The molecule has 0 saturated carbocycles. The number of aliphatic imine (C=N–C) groups is 1. The first kappa shape index (κ1) is 25.7. The second-order valence-corrected chi connectivity index (χ2v) is 7.24. The van der Waals surface area contributed by atoms with Crippen LogP contribution in [0.15, 0.2) is 44.4 Å². The van der Waals surface area contributed by atoms with Crippen molar-refractivity contribution in [2.75, 3.05) is 52.5 Å². The van der Waals surface area contributed by atoms with Gasteiger partial charge in [0.2, 0.25) is 0 Å². The van der Waals surface area contributed by atoms with Crippen LogP contribution in [0, 0.1) is 6.92 Å². The fourth-order valence-electron chi connectivity index (χ4n) is 3.38. The molecule has 3 rings (SSSR count). The lowest BCUT2D eigenvalue weighted by atomic mass is 10.1. The SMILES string of the molecule is CCNC(=NCC(c1ccc(C)o1)N1CCOCC1)NCCCOCc1ccco1.I. The summed E-state index contributed by atoms with van der Waals surface area (Å²) in [6, 6.07) is 7.96. The minimum Gasteiger partial charge on any atom is -0.467 e. The van der Waals surface area contributed by atoms with Crippen molar-refractivity contribution >= 4 is 29.9 Å². The third-order valence-corrected chi connectivity index (χ3v) is 4.92. The Morgan fingerprint density at radius 3 is 2.74 bits per heavy atom. The molecule has 0 aromatic carbocycles. The van der Waals surface area contributed by atoms with Crippen molar-refractivity contribution in [1.29, 1.82) is 0 Å². The van der Waals surface area contributed by atoms with E-state index in [0.29, 0.717) is 19.8 Å². The summed E-state index contributed by atoms with van der Waals surface area (Å²) in [7, 11) is 0. The quantitative estimate of drug-likeness (QED) is 0.194. The minimum absolute atomic E-state index is 0. The van der Waals surface area contributed by atoms with Crippen LogP contribution in [0.4, 0.5) is 0 Å². The van der Waals surface area contributed by atoms with E-state index in [1.54, 1.807) is 6.26 Å². The van der Waals surface area contributed by atoms with Crippen LogP contribution in [-0.2, 0) is 16.1 Å². The van der Waals surface area contributed by atoms with E-state index in [-0.39, 0.29) is 30.0 Å². The van der Waals surface area contributed by atoms with Gasteiger partial charge in [-0.1, -0.05) is 0 Å². The molecular weight excluding hydrogens is 511 g/mol. The first-order valence-corrected chi connectivity index (χ1v) is 10.8. The van der Waals surface area contributed by atoms with Gasteiger partial charge in [0, 0.05) is 32.8 Å². The van der Waals surface area contributed by atoms with Gasteiger partial charge in [-0.15, -0.1) is 24.0 Å². The van der Waals surface area contributed by atoms with Crippen LogP contribution < -0.4 is 10.6 Å². The molecule has 0 bridgehead atoms. The number of furan rings is 2. The van der Waals surface area contributed by atoms with Crippen molar-refractivity contribution < 1.29 is 18.3 Å². The fraction of sp³-hybridized carbons (Fsp3) is 0.591. The number of rotatable bonds is 11. The summed E-state index contributed by atoms with van der Waals surface area (Å²) < 4.78 is 22.3. The molecule has 0 radical (unpaired) electrons. The number of guanidine groups is 1. The number of nitrogens with zero attached hydrogens (tertiary/aromatic N) is 2. The molecule has 1 aliphatic heterocycles. The summed E-state index contributed by atoms with van der Waals surface area (Å²) in [5.74, 6) is 3.54. The largest absolute Gasteiger partial charge is 0.467 e. The smallest absolute Gasteiger partial charge is 0.191 e. The van der Waals surface area contributed by atoms with Crippen molar-refractivity contribution in [1.82, 2.24) is 15.5 Å². The molecule has 1 atom stereocenters. The summed E-state index contributed by atoms with van der Waals surface area (Å²) in [5.41, 5.74) is 0. The van der Waals surface area contributed by atoms with Crippen molar-refractivity contribution in [2.45, 2.75) is 32.9 Å². The first-order valence-electron chi connectivity index (χ1n) is 10.8. The zero-order valence-electron chi connectivity index (χ0n) is 18.5. The Morgan fingerprint density at radius 2 is 2.06 bits per heavy atom. The highest BCUT2D eigenvalue weighted by atomic mass is 127. The van der Waals surface area contributed by atoms with E-state index >= 15 is 0 Å². The molecule has 174 valence electrons. The monoisotopic (exact) mass is 546 g/mol. The van der Waals surface area contributed by atoms with Gasteiger partial charge < -0.3 is 28.9 Å². The van der Waals surface area contributed by atoms with Crippen LogP contribution in [0.2, 0.25) is 0 Å². The molecule has 2 N–H and O–H groups in total. The zero-order valence-corrected chi connectivity index (χ0v) is 20.8. The summed E-state index contributed by atoms with van der Waals surface area (Å²) in [4.78, 5) is 7.22. The molecule has 2 aromatic rings. The average molecular weight is 546 g/mol.